The summed E-state index contributed by atoms with van der Waals surface area (Å²) in [5.41, 5.74) is -0.504. The van der Waals surface area contributed by atoms with Crippen LogP contribution < -0.4 is 0 Å². The van der Waals surface area contributed by atoms with Crippen LogP contribution >= 0.6 is 11.5 Å². The second-order valence-corrected chi connectivity index (χ2v) is 4.02. The van der Waals surface area contributed by atoms with Gasteiger partial charge in [-0.25, -0.2) is 14.6 Å². The third-order valence-electron chi connectivity index (χ3n) is 1.69. The summed E-state index contributed by atoms with van der Waals surface area (Å²) in [5.74, 6) is -2.34. The van der Waals surface area contributed by atoms with Crippen LogP contribution in [0.25, 0.3) is 0 Å². The molecule has 8 nitrogen and oxygen atoms in total. The average molecular weight is 269 g/mol. The lowest BCUT2D eigenvalue weighted by molar-refractivity contribution is -0.146. The molecule has 0 spiro atoms. The molecule has 1 atom stereocenters. The highest BCUT2D eigenvalue weighted by Crippen LogP contribution is 2.05. The lowest BCUT2D eigenvalue weighted by Crippen LogP contribution is -2.23. The molecule has 0 aliphatic rings. The zero-order valence-electron chi connectivity index (χ0n) is 9.48. The zero-order chi connectivity index (χ0) is 13.7. The van der Waals surface area contributed by atoms with E-state index in [4.69, 9.17) is 5.11 Å². The minimum Gasteiger partial charge on any atom is -0.541 e. The van der Waals surface area contributed by atoms with E-state index >= 15 is 0 Å². The monoisotopic (exact) mass is 269 g/mol. The fourth-order valence-corrected chi connectivity index (χ4v) is 1.31. The van der Waals surface area contributed by atoms with Crippen LogP contribution in [-0.4, -0.2) is 46.3 Å². The van der Waals surface area contributed by atoms with Crippen molar-refractivity contribution in [1.82, 2.24) is 9.36 Å². The van der Waals surface area contributed by atoms with Gasteiger partial charge < -0.3 is 14.6 Å². The van der Waals surface area contributed by atoms with E-state index in [1.807, 2.05) is 0 Å². The number of carboxylic acids is 1. The third-order valence-corrected chi connectivity index (χ3v) is 2.31. The Hall–Kier alpha value is -1.97. The van der Waals surface area contributed by atoms with E-state index in [0.29, 0.717) is 5.01 Å². The standard InChI is InChI=1S/C8H8BN3O5S/c1-3(8(15)16-9)17-11-5(7(13)14)6-10-4(2)18-12-6/h3H,1-2H3,(H,13,14)/b11-5-/t3-/m0/s1. The van der Waals surface area contributed by atoms with Crippen molar-refractivity contribution in [2.24, 2.45) is 5.16 Å². The Kier molecular flexibility index (Phi) is 4.78. The molecule has 1 heterocycles. The van der Waals surface area contributed by atoms with Crippen LogP contribution in [0.5, 0.6) is 0 Å². The fourth-order valence-electron chi connectivity index (χ4n) is 0.842. The molecule has 0 bridgehead atoms. The van der Waals surface area contributed by atoms with Gasteiger partial charge in [0.2, 0.25) is 17.6 Å². The van der Waals surface area contributed by atoms with Crippen molar-refractivity contribution in [1.29, 1.82) is 0 Å². The highest BCUT2D eigenvalue weighted by atomic mass is 32.1. The normalized spacial score (nSPS) is 12.9. The van der Waals surface area contributed by atoms with Gasteiger partial charge in [-0.05, 0) is 25.4 Å². The number of carbonyl (C=O) groups excluding carboxylic acids is 1. The first-order chi connectivity index (χ1) is 8.45. The van der Waals surface area contributed by atoms with E-state index in [9.17, 15) is 9.59 Å². The summed E-state index contributed by atoms with van der Waals surface area (Å²) >= 11 is 1.02. The number of hydrogen-bond acceptors (Lipinski definition) is 8. The van der Waals surface area contributed by atoms with Crippen molar-refractivity contribution >= 4 is 37.2 Å². The summed E-state index contributed by atoms with van der Waals surface area (Å²) in [6.45, 7) is 2.97. The largest absolute Gasteiger partial charge is 0.541 e. The van der Waals surface area contributed by atoms with Gasteiger partial charge in [-0.2, -0.15) is 4.37 Å². The topological polar surface area (TPSA) is 111 Å². The summed E-state index contributed by atoms with van der Waals surface area (Å²) in [7, 11) is 4.64. The predicted octanol–water partition coefficient (Wildman–Crippen LogP) is -0.333. The second-order valence-electron chi connectivity index (χ2n) is 3.07. The highest BCUT2D eigenvalue weighted by Gasteiger charge is 2.21. The Labute approximate surface area is 107 Å². The number of rotatable bonds is 5. The first-order valence-corrected chi connectivity index (χ1v) is 5.41. The number of nitrogens with zero attached hydrogens (tertiary/aromatic N) is 3. The minimum atomic E-state index is -1.37. The Balaban J connectivity index is 2.86. The molecule has 0 saturated heterocycles. The minimum absolute atomic E-state index is 0.0849. The van der Waals surface area contributed by atoms with E-state index in [-0.39, 0.29) is 5.82 Å². The summed E-state index contributed by atoms with van der Waals surface area (Å²) < 4.78 is 7.68. The van der Waals surface area contributed by atoms with Gasteiger partial charge in [0.25, 0.3) is 0 Å². The average Bonchev–Trinajstić information content (AvgIpc) is 2.74. The van der Waals surface area contributed by atoms with Crippen molar-refractivity contribution < 1.29 is 24.2 Å². The SMILES string of the molecule is [B]OC(=O)[C@H](C)O/N=C(\C(=O)O)c1nsc(C)n1. The number of carbonyl (C=O) groups is 2. The van der Waals surface area contributed by atoms with Crippen LogP contribution in [0.1, 0.15) is 17.8 Å². The van der Waals surface area contributed by atoms with Crippen molar-refractivity contribution in [3.63, 3.8) is 0 Å². The quantitative estimate of drug-likeness (QED) is 0.442. The molecular weight excluding hydrogens is 261 g/mol. The van der Waals surface area contributed by atoms with Gasteiger partial charge in [0.15, 0.2) is 0 Å². The van der Waals surface area contributed by atoms with Crippen LogP contribution in [-0.2, 0) is 19.1 Å². The first kappa shape index (κ1) is 14.1. The summed E-state index contributed by atoms with van der Waals surface area (Å²) in [5, 5.41) is 12.8. The van der Waals surface area contributed by atoms with E-state index in [0.717, 1.165) is 11.5 Å². The van der Waals surface area contributed by atoms with Gasteiger partial charge in [-0.15, -0.1) is 0 Å². The number of oxime groups is 1. The molecule has 0 aliphatic carbocycles. The molecule has 1 aromatic rings. The Bertz CT molecular complexity index is 489. The maximum absolute atomic E-state index is 10.9. The maximum atomic E-state index is 10.9. The van der Waals surface area contributed by atoms with Gasteiger partial charge in [0, 0.05) is 0 Å². The lowest BCUT2D eigenvalue weighted by Gasteiger charge is -2.07. The lowest BCUT2D eigenvalue weighted by atomic mass is 10.3. The van der Waals surface area contributed by atoms with Crippen molar-refractivity contribution in [2.45, 2.75) is 20.0 Å². The van der Waals surface area contributed by atoms with Crippen LogP contribution in [0, 0.1) is 6.92 Å². The van der Waals surface area contributed by atoms with Gasteiger partial charge in [-0.3, -0.25) is 0 Å². The predicted molar refractivity (Wildman–Crippen MR) is 61.2 cm³/mol. The number of carboxylic acid groups (broad SMARTS) is 1. The molecule has 0 aliphatic heterocycles. The van der Waals surface area contributed by atoms with E-state index in [2.05, 4.69) is 32.1 Å². The number of aryl methyl sites for hydroxylation is 1. The molecule has 0 aromatic carbocycles. The third kappa shape index (κ3) is 3.52. The fraction of sp³-hybridized carbons (Fsp3) is 0.375. The smallest absolute Gasteiger partial charge is 0.378 e. The number of hydrogen-bond donors (Lipinski definition) is 1. The van der Waals surface area contributed by atoms with E-state index in [1.165, 1.54) is 6.92 Å². The van der Waals surface area contributed by atoms with Crippen LogP contribution in [0.3, 0.4) is 0 Å². The van der Waals surface area contributed by atoms with Crippen molar-refractivity contribution in [3.05, 3.63) is 10.8 Å². The van der Waals surface area contributed by atoms with Crippen molar-refractivity contribution in [2.75, 3.05) is 0 Å². The Morgan fingerprint density at radius 2 is 2.22 bits per heavy atom. The van der Waals surface area contributed by atoms with Gasteiger partial charge in [-0.1, -0.05) is 5.16 Å². The summed E-state index contributed by atoms with van der Waals surface area (Å²) in [6, 6.07) is 0. The number of aliphatic carboxylic acids is 1. The molecule has 0 saturated carbocycles. The highest BCUT2D eigenvalue weighted by molar-refractivity contribution is 7.05. The molecule has 1 rings (SSSR count). The molecule has 2 radical (unpaired) electrons. The summed E-state index contributed by atoms with van der Waals surface area (Å²) in [4.78, 5) is 30.4. The molecule has 10 heteroatoms. The maximum Gasteiger partial charge on any atom is 0.378 e. The Morgan fingerprint density at radius 3 is 2.67 bits per heavy atom. The molecule has 18 heavy (non-hydrogen) atoms. The molecule has 94 valence electrons. The van der Waals surface area contributed by atoms with Gasteiger partial charge >= 0.3 is 20.0 Å². The van der Waals surface area contributed by atoms with Crippen LogP contribution in [0.2, 0.25) is 0 Å². The summed E-state index contributed by atoms with van der Waals surface area (Å²) in [6.07, 6.45) is -1.14. The number of aromatic nitrogens is 2. The molecular formula is C8H8BN3O5S. The van der Waals surface area contributed by atoms with Gasteiger partial charge in [0.1, 0.15) is 5.01 Å². The van der Waals surface area contributed by atoms with Gasteiger partial charge in [0.05, 0.1) is 0 Å². The molecule has 0 amide bonds. The van der Waals surface area contributed by atoms with Crippen LogP contribution in [0.15, 0.2) is 5.16 Å². The zero-order valence-corrected chi connectivity index (χ0v) is 10.3. The molecule has 1 N–H and O–H groups in total. The van der Waals surface area contributed by atoms with Crippen LogP contribution in [0.4, 0.5) is 0 Å². The Morgan fingerprint density at radius 1 is 1.56 bits per heavy atom. The van der Waals surface area contributed by atoms with Crippen molar-refractivity contribution in [3.8, 4) is 0 Å². The molecule has 0 unspecified atom stereocenters. The molecule has 1 aromatic heterocycles. The van der Waals surface area contributed by atoms with E-state index < -0.39 is 23.8 Å². The second kappa shape index (κ2) is 6.10. The molecule has 0 fully saturated rings. The van der Waals surface area contributed by atoms with E-state index in [1.54, 1.807) is 6.92 Å². The first-order valence-electron chi connectivity index (χ1n) is 4.64.